The highest BCUT2D eigenvalue weighted by Crippen LogP contribution is 2.28. The van der Waals surface area contributed by atoms with Gasteiger partial charge in [0.15, 0.2) is 5.84 Å². The molecule has 7 heteroatoms. The molecule has 1 fully saturated rings. The molecule has 0 amide bonds. The summed E-state index contributed by atoms with van der Waals surface area (Å²) in [5.41, 5.74) is 6.94. The number of hydrogen-bond acceptors (Lipinski definition) is 5. The van der Waals surface area contributed by atoms with E-state index in [1.165, 1.54) is 0 Å². The van der Waals surface area contributed by atoms with Crippen LogP contribution in [0, 0.1) is 6.92 Å². The van der Waals surface area contributed by atoms with Crippen LogP contribution in [0.25, 0.3) is 0 Å². The largest absolute Gasteiger partial charge is 0.474 e. The zero-order chi connectivity index (χ0) is 14.7. The van der Waals surface area contributed by atoms with Crippen molar-refractivity contribution in [2.75, 3.05) is 7.11 Å². The topological polar surface area (TPSA) is 94.9 Å². The Balaban J connectivity index is 2.20. The molecule has 0 aromatic carbocycles. The predicted molar refractivity (Wildman–Crippen MR) is 74.1 cm³/mol. The standard InChI is InChI=1S/C13H22N4O3/c1-8-11(12(14)16-18)13(17(2)15-8)20-10-6-4-5-9(7-10)19-3/h9-10,18H,4-7H2,1-3H3,(H2,14,16). The molecule has 0 saturated heterocycles. The highest BCUT2D eigenvalue weighted by atomic mass is 16.5. The minimum Gasteiger partial charge on any atom is -0.474 e. The first-order valence-corrected chi connectivity index (χ1v) is 6.77. The number of rotatable bonds is 4. The van der Waals surface area contributed by atoms with Crippen LogP contribution in [0.3, 0.4) is 0 Å². The Labute approximate surface area is 118 Å². The summed E-state index contributed by atoms with van der Waals surface area (Å²) in [6.45, 7) is 1.80. The van der Waals surface area contributed by atoms with Crippen molar-refractivity contribution >= 4 is 5.84 Å². The summed E-state index contributed by atoms with van der Waals surface area (Å²) in [6.07, 6.45) is 4.24. The molecule has 1 aromatic heterocycles. The van der Waals surface area contributed by atoms with Gasteiger partial charge in [-0.05, 0) is 26.2 Å². The summed E-state index contributed by atoms with van der Waals surface area (Å²) in [7, 11) is 3.51. The maximum Gasteiger partial charge on any atom is 0.223 e. The van der Waals surface area contributed by atoms with Gasteiger partial charge in [0.25, 0.3) is 0 Å². The van der Waals surface area contributed by atoms with Gasteiger partial charge >= 0.3 is 0 Å². The molecule has 1 aliphatic carbocycles. The molecule has 1 heterocycles. The number of nitrogens with two attached hydrogens (primary N) is 1. The van der Waals surface area contributed by atoms with Gasteiger partial charge in [-0.15, -0.1) is 0 Å². The number of amidine groups is 1. The van der Waals surface area contributed by atoms with Gasteiger partial charge in [0.05, 0.1) is 11.8 Å². The van der Waals surface area contributed by atoms with E-state index < -0.39 is 0 Å². The highest BCUT2D eigenvalue weighted by molar-refractivity contribution is 6.00. The Morgan fingerprint density at radius 1 is 1.45 bits per heavy atom. The molecule has 0 radical (unpaired) electrons. The van der Waals surface area contributed by atoms with E-state index in [1.54, 1.807) is 25.8 Å². The van der Waals surface area contributed by atoms with E-state index in [0.29, 0.717) is 17.1 Å². The first-order valence-electron chi connectivity index (χ1n) is 6.77. The molecule has 0 bridgehead atoms. The molecule has 2 atom stereocenters. The van der Waals surface area contributed by atoms with Gasteiger partial charge in [0.2, 0.25) is 5.88 Å². The van der Waals surface area contributed by atoms with E-state index in [4.69, 9.17) is 20.4 Å². The molecule has 2 unspecified atom stereocenters. The van der Waals surface area contributed by atoms with Gasteiger partial charge < -0.3 is 20.4 Å². The zero-order valence-electron chi connectivity index (χ0n) is 12.2. The fraction of sp³-hybridized carbons (Fsp3) is 0.692. The Bertz CT molecular complexity index is 498. The maximum atomic E-state index is 8.88. The van der Waals surface area contributed by atoms with Crippen molar-refractivity contribution in [3.63, 3.8) is 0 Å². The van der Waals surface area contributed by atoms with Crippen molar-refractivity contribution in [3.05, 3.63) is 11.3 Å². The lowest BCUT2D eigenvalue weighted by Crippen LogP contribution is -2.30. The molecule has 0 spiro atoms. The van der Waals surface area contributed by atoms with Gasteiger partial charge in [-0.2, -0.15) is 5.10 Å². The molecule has 0 aliphatic heterocycles. The van der Waals surface area contributed by atoms with Crippen LogP contribution in [0.15, 0.2) is 5.16 Å². The van der Waals surface area contributed by atoms with Gasteiger partial charge in [-0.25, -0.2) is 4.68 Å². The van der Waals surface area contributed by atoms with Crippen molar-refractivity contribution in [2.24, 2.45) is 17.9 Å². The van der Waals surface area contributed by atoms with E-state index in [0.717, 1.165) is 25.7 Å². The summed E-state index contributed by atoms with van der Waals surface area (Å²) in [6, 6.07) is 0. The number of nitrogens with zero attached hydrogens (tertiary/aromatic N) is 3. The third-order valence-corrected chi connectivity index (χ3v) is 3.72. The minimum absolute atomic E-state index is 0.0182. The van der Waals surface area contributed by atoms with Crippen molar-refractivity contribution < 1.29 is 14.7 Å². The number of ether oxygens (including phenoxy) is 2. The van der Waals surface area contributed by atoms with E-state index >= 15 is 0 Å². The third kappa shape index (κ3) is 2.87. The second-order valence-electron chi connectivity index (χ2n) is 5.14. The van der Waals surface area contributed by atoms with Crippen LogP contribution in [0.2, 0.25) is 0 Å². The summed E-state index contributed by atoms with van der Waals surface area (Å²) in [5, 5.41) is 16.2. The molecule has 7 nitrogen and oxygen atoms in total. The molecule has 20 heavy (non-hydrogen) atoms. The van der Waals surface area contributed by atoms with Crippen LogP contribution < -0.4 is 10.5 Å². The van der Waals surface area contributed by atoms with Crippen molar-refractivity contribution in [1.29, 1.82) is 0 Å². The van der Waals surface area contributed by atoms with Gasteiger partial charge in [-0.3, -0.25) is 0 Å². The van der Waals surface area contributed by atoms with Crippen LogP contribution in [-0.2, 0) is 11.8 Å². The van der Waals surface area contributed by atoms with Gasteiger partial charge in [0, 0.05) is 20.6 Å². The molecule has 2 rings (SSSR count). The Kier molecular flexibility index (Phi) is 4.49. The van der Waals surface area contributed by atoms with Gasteiger partial charge in [-0.1, -0.05) is 5.16 Å². The van der Waals surface area contributed by atoms with Gasteiger partial charge in [0.1, 0.15) is 11.7 Å². The van der Waals surface area contributed by atoms with Crippen molar-refractivity contribution in [2.45, 2.75) is 44.8 Å². The smallest absolute Gasteiger partial charge is 0.223 e. The van der Waals surface area contributed by atoms with Crippen LogP contribution in [0.1, 0.15) is 36.9 Å². The highest BCUT2D eigenvalue weighted by Gasteiger charge is 2.27. The molecule has 1 saturated carbocycles. The second-order valence-corrected chi connectivity index (χ2v) is 5.14. The first-order chi connectivity index (χ1) is 9.56. The molecular weight excluding hydrogens is 260 g/mol. The predicted octanol–water partition coefficient (Wildman–Crippen LogP) is 1.16. The number of aryl methyl sites for hydroxylation is 2. The van der Waals surface area contributed by atoms with Crippen molar-refractivity contribution in [3.8, 4) is 5.88 Å². The lowest BCUT2D eigenvalue weighted by Gasteiger charge is -2.28. The van der Waals surface area contributed by atoms with Crippen LogP contribution in [0.5, 0.6) is 5.88 Å². The summed E-state index contributed by atoms with van der Waals surface area (Å²) < 4.78 is 13.1. The molecule has 1 aromatic rings. The molecule has 3 N–H and O–H groups in total. The van der Waals surface area contributed by atoms with E-state index in [9.17, 15) is 0 Å². The average Bonchev–Trinajstić information content (AvgIpc) is 2.73. The minimum atomic E-state index is 0.0182. The zero-order valence-corrected chi connectivity index (χ0v) is 12.2. The summed E-state index contributed by atoms with van der Waals surface area (Å²) in [4.78, 5) is 0. The second kappa shape index (κ2) is 6.13. The normalized spacial score (nSPS) is 23.9. The first kappa shape index (κ1) is 14.6. The Hall–Kier alpha value is -1.76. The number of methoxy groups -OCH3 is 1. The fourth-order valence-electron chi connectivity index (χ4n) is 2.70. The summed E-state index contributed by atoms with van der Waals surface area (Å²) >= 11 is 0. The lowest BCUT2D eigenvalue weighted by molar-refractivity contribution is 0.0181. The van der Waals surface area contributed by atoms with Crippen molar-refractivity contribution in [1.82, 2.24) is 9.78 Å². The lowest BCUT2D eigenvalue weighted by atomic mass is 9.95. The molecule has 1 aliphatic rings. The number of aromatic nitrogens is 2. The van der Waals surface area contributed by atoms with Crippen LogP contribution in [0.4, 0.5) is 0 Å². The van der Waals surface area contributed by atoms with Crippen LogP contribution >= 0.6 is 0 Å². The SMILES string of the molecule is COC1CCCC(Oc2c(C(N)=NO)c(C)nn2C)C1. The quantitative estimate of drug-likeness (QED) is 0.374. The van der Waals surface area contributed by atoms with E-state index in [1.807, 2.05) is 0 Å². The van der Waals surface area contributed by atoms with E-state index in [2.05, 4.69) is 10.3 Å². The monoisotopic (exact) mass is 282 g/mol. The third-order valence-electron chi connectivity index (χ3n) is 3.72. The maximum absolute atomic E-state index is 8.88. The fourth-order valence-corrected chi connectivity index (χ4v) is 2.70. The summed E-state index contributed by atoms with van der Waals surface area (Å²) in [5.74, 6) is 0.559. The Morgan fingerprint density at radius 3 is 2.80 bits per heavy atom. The average molecular weight is 282 g/mol. The Morgan fingerprint density at radius 2 is 2.15 bits per heavy atom. The van der Waals surface area contributed by atoms with Crippen LogP contribution in [-0.4, -0.2) is 40.1 Å². The molecule has 112 valence electrons. The number of hydrogen-bond donors (Lipinski definition) is 2. The van der Waals surface area contributed by atoms with E-state index in [-0.39, 0.29) is 18.0 Å². The number of oxime groups is 1. The molecular formula is C13H22N4O3.